The van der Waals surface area contributed by atoms with Gasteiger partial charge in [0.2, 0.25) is 17.7 Å². The van der Waals surface area contributed by atoms with E-state index in [0.717, 1.165) is 16.5 Å². The molecule has 12 nitrogen and oxygen atoms in total. The van der Waals surface area contributed by atoms with Gasteiger partial charge in [0, 0.05) is 30.1 Å². The Morgan fingerprint density at radius 2 is 1.84 bits per heavy atom. The summed E-state index contributed by atoms with van der Waals surface area (Å²) in [5, 5.41) is 24.6. The molecule has 0 radical (unpaired) electrons. The van der Waals surface area contributed by atoms with Crippen molar-refractivity contribution in [2.45, 2.75) is 56.3 Å². The van der Waals surface area contributed by atoms with Gasteiger partial charge < -0.3 is 36.5 Å². The molecule has 7 N–H and O–H groups in total. The van der Waals surface area contributed by atoms with Crippen molar-refractivity contribution < 1.29 is 34.2 Å². The number of hydrogen-bond donors (Lipinski definition) is 6. The first-order chi connectivity index (χ1) is 18.1. The standard InChI is InChI=1S/C25H33N5O7S/c1-38-10-8-18(24(35)30-9-4-7-20(30)25(36)37)28-23(34)19(29-22(33)16(26)12-21(31)32)11-14-13-27-17-6-3-2-5-15(14)17/h2-3,5-6,13,16,18-20,27H,4,7-12,26H2,1H3,(H,28,34)(H,29,33)(H,31,32)(H,36,37). The first-order valence-corrected chi connectivity index (χ1v) is 13.7. The van der Waals surface area contributed by atoms with Crippen LogP contribution in [0.3, 0.4) is 0 Å². The monoisotopic (exact) mass is 547 g/mol. The summed E-state index contributed by atoms with van der Waals surface area (Å²) in [7, 11) is 0. The summed E-state index contributed by atoms with van der Waals surface area (Å²) in [5.41, 5.74) is 7.28. The maximum atomic E-state index is 13.5. The summed E-state index contributed by atoms with van der Waals surface area (Å²) in [6, 6.07) is 2.92. The number of likely N-dealkylation sites (tertiary alicyclic amines) is 1. The number of rotatable bonds is 13. The molecule has 0 bridgehead atoms. The Morgan fingerprint density at radius 3 is 2.53 bits per heavy atom. The van der Waals surface area contributed by atoms with E-state index in [-0.39, 0.29) is 19.4 Å². The number of benzene rings is 1. The minimum Gasteiger partial charge on any atom is -0.481 e. The smallest absolute Gasteiger partial charge is 0.326 e. The molecule has 0 saturated carbocycles. The molecule has 1 saturated heterocycles. The number of carboxylic acids is 2. The van der Waals surface area contributed by atoms with Gasteiger partial charge in [0.25, 0.3) is 0 Å². The van der Waals surface area contributed by atoms with Crippen molar-refractivity contribution in [3.63, 3.8) is 0 Å². The second kappa shape index (κ2) is 13.3. The van der Waals surface area contributed by atoms with Crippen LogP contribution >= 0.6 is 11.8 Å². The highest BCUT2D eigenvalue weighted by Gasteiger charge is 2.38. The van der Waals surface area contributed by atoms with Crippen LogP contribution in [0.1, 0.15) is 31.2 Å². The summed E-state index contributed by atoms with van der Waals surface area (Å²) in [4.78, 5) is 66.6. The molecule has 0 aliphatic carbocycles. The number of thioether (sulfide) groups is 1. The molecule has 1 aromatic heterocycles. The predicted molar refractivity (Wildman–Crippen MR) is 141 cm³/mol. The van der Waals surface area contributed by atoms with Gasteiger partial charge in [-0.25, -0.2) is 4.79 Å². The summed E-state index contributed by atoms with van der Waals surface area (Å²) in [6.45, 7) is 0.279. The first-order valence-electron chi connectivity index (χ1n) is 12.3. The number of amides is 3. The number of H-pyrrole nitrogens is 1. The van der Waals surface area contributed by atoms with Crippen LogP contribution in [-0.4, -0.2) is 92.5 Å². The molecule has 2 aromatic rings. The van der Waals surface area contributed by atoms with E-state index in [9.17, 15) is 29.1 Å². The minimum atomic E-state index is -1.37. The maximum absolute atomic E-state index is 13.5. The predicted octanol–water partition coefficient (Wildman–Crippen LogP) is 0.311. The van der Waals surface area contributed by atoms with Gasteiger partial charge in [-0.3, -0.25) is 19.2 Å². The quantitative estimate of drug-likeness (QED) is 0.205. The van der Waals surface area contributed by atoms with Gasteiger partial charge in [-0.15, -0.1) is 0 Å². The number of para-hydroxylation sites is 1. The Labute approximate surface area is 223 Å². The second-order valence-corrected chi connectivity index (χ2v) is 10.2. The van der Waals surface area contributed by atoms with Crippen LogP contribution in [0.4, 0.5) is 0 Å². The lowest BCUT2D eigenvalue weighted by molar-refractivity contribution is -0.149. The van der Waals surface area contributed by atoms with Crippen LogP contribution in [-0.2, 0) is 30.4 Å². The highest BCUT2D eigenvalue weighted by molar-refractivity contribution is 7.98. The Kier molecular flexibility index (Phi) is 10.1. The third-order valence-corrected chi connectivity index (χ3v) is 7.15. The zero-order valence-electron chi connectivity index (χ0n) is 21.0. The van der Waals surface area contributed by atoms with Crippen molar-refractivity contribution in [1.29, 1.82) is 0 Å². The number of nitrogens with one attached hydrogen (secondary N) is 3. The van der Waals surface area contributed by atoms with Crippen molar-refractivity contribution in [3.05, 3.63) is 36.0 Å². The number of aliphatic carboxylic acids is 2. The topological polar surface area (TPSA) is 195 Å². The zero-order chi connectivity index (χ0) is 27.8. The van der Waals surface area contributed by atoms with E-state index >= 15 is 0 Å². The molecule has 1 aromatic carbocycles. The fourth-order valence-corrected chi connectivity index (χ4v) is 5.01. The molecule has 0 spiro atoms. The molecule has 38 heavy (non-hydrogen) atoms. The molecule has 2 heterocycles. The van der Waals surface area contributed by atoms with E-state index < -0.39 is 60.2 Å². The Hall–Kier alpha value is -3.58. The number of carbonyl (C=O) groups excluding carboxylic acids is 3. The largest absolute Gasteiger partial charge is 0.481 e. The molecule has 4 atom stereocenters. The van der Waals surface area contributed by atoms with Gasteiger partial charge in [0.05, 0.1) is 12.5 Å². The van der Waals surface area contributed by atoms with Crippen LogP contribution in [0.5, 0.6) is 0 Å². The van der Waals surface area contributed by atoms with Gasteiger partial charge in [0.1, 0.15) is 18.1 Å². The molecular weight excluding hydrogens is 514 g/mol. The molecular formula is C25H33N5O7S. The van der Waals surface area contributed by atoms with Crippen molar-refractivity contribution >= 4 is 52.3 Å². The van der Waals surface area contributed by atoms with E-state index in [0.29, 0.717) is 18.6 Å². The first kappa shape index (κ1) is 29.0. The maximum Gasteiger partial charge on any atom is 0.326 e. The van der Waals surface area contributed by atoms with E-state index in [1.165, 1.54) is 16.7 Å². The zero-order valence-corrected chi connectivity index (χ0v) is 21.8. The number of nitrogens with two attached hydrogens (primary N) is 1. The van der Waals surface area contributed by atoms with Crippen LogP contribution in [0, 0.1) is 0 Å². The fraction of sp³-hybridized carbons (Fsp3) is 0.480. The van der Waals surface area contributed by atoms with E-state index in [2.05, 4.69) is 15.6 Å². The third kappa shape index (κ3) is 7.25. The normalized spacial score (nSPS) is 17.5. The molecule has 4 unspecified atom stereocenters. The molecule has 1 aliphatic rings. The second-order valence-electron chi connectivity index (χ2n) is 9.20. The number of carboxylic acid groups (broad SMARTS) is 2. The summed E-state index contributed by atoms with van der Waals surface area (Å²) in [6.07, 6.45) is 4.15. The van der Waals surface area contributed by atoms with Gasteiger partial charge in [-0.2, -0.15) is 11.8 Å². The van der Waals surface area contributed by atoms with E-state index in [4.69, 9.17) is 10.8 Å². The van der Waals surface area contributed by atoms with Crippen LogP contribution in [0.15, 0.2) is 30.5 Å². The number of aromatic nitrogens is 1. The van der Waals surface area contributed by atoms with Crippen molar-refractivity contribution in [3.8, 4) is 0 Å². The van der Waals surface area contributed by atoms with Crippen LogP contribution in [0.2, 0.25) is 0 Å². The lowest BCUT2D eigenvalue weighted by Gasteiger charge is -2.29. The average molecular weight is 548 g/mol. The third-order valence-electron chi connectivity index (χ3n) is 6.51. The molecule has 13 heteroatoms. The lowest BCUT2D eigenvalue weighted by atomic mass is 10.0. The fourth-order valence-electron chi connectivity index (χ4n) is 4.54. The SMILES string of the molecule is CSCCC(NC(=O)C(Cc1c[nH]c2ccccc12)NC(=O)C(N)CC(=O)O)C(=O)N1CCCC1C(=O)O. The van der Waals surface area contributed by atoms with Gasteiger partial charge >= 0.3 is 11.9 Å². The number of aromatic amines is 1. The summed E-state index contributed by atoms with van der Waals surface area (Å²) < 4.78 is 0. The van der Waals surface area contributed by atoms with Gasteiger partial charge in [0.15, 0.2) is 0 Å². The van der Waals surface area contributed by atoms with Crippen LogP contribution < -0.4 is 16.4 Å². The molecule has 1 fully saturated rings. The highest BCUT2D eigenvalue weighted by Crippen LogP contribution is 2.21. The Bertz CT molecular complexity index is 1190. The number of carbonyl (C=O) groups is 5. The highest BCUT2D eigenvalue weighted by atomic mass is 32.2. The van der Waals surface area contributed by atoms with Gasteiger partial charge in [-0.1, -0.05) is 18.2 Å². The summed E-state index contributed by atoms with van der Waals surface area (Å²) >= 11 is 1.47. The molecule has 1 aliphatic heterocycles. The average Bonchev–Trinajstić information content (AvgIpc) is 3.53. The lowest BCUT2D eigenvalue weighted by Crippen LogP contribution is -2.57. The number of hydrogen-bond acceptors (Lipinski definition) is 7. The number of fused-ring (bicyclic) bond motifs is 1. The van der Waals surface area contributed by atoms with Gasteiger partial charge in [-0.05, 0) is 42.9 Å². The minimum absolute atomic E-state index is 0.0479. The van der Waals surface area contributed by atoms with Crippen molar-refractivity contribution in [2.24, 2.45) is 5.73 Å². The van der Waals surface area contributed by atoms with Crippen molar-refractivity contribution in [2.75, 3.05) is 18.6 Å². The molecule has 3 amide bonds. The molecule has 3 rings (SSSR count). The van der Waals surface area contributed by atoms with Crippen LogP contribution in [0.25, 0.3) is 10.9 Å². The van der Waals surface area contributed by atoms with Crippen molar-refractivity contribution in [1.82, 2.24) is 20.5 Å². The summed E-state index contributed by atoms with van der Waals surface area (Å²) in [5.74, 6) is -3.78. The van der Waals surface area contributed by atoms with E-state index in [1.54, 1.807) is 6.20 Å². The Morgan fingerprint density at radius 1 is 1.13 bits per heavy atom. The Balaban J connectivity index is 1.84. The van der Waals surface area contributed by atoms with E-state index in [1.807, 2.05) is 30.5 Å². The molecule has 206 valence electrons. The number of nitrogens with zero attached hydrogens (tertiary/aromatic N) is 1.